The first-order valence-corrected chi connectivity index (χ1v) is 5.82. The molecule has 0 radical (unpaired) electrons. The first-order valence-electron chi connectivity index (χ1n) is 5.03. The molecule has 6 nitrogen and oxygen atoms in total. The number of ether oxygens (including phenoxy) is 1. The molecule has 0 aromatic heterocycles. The normalized spacial score (nSPS) is 15.7. The molecule has 0 atom stereocenters. The van der Waals surface area contributed by atoms with Gasteiger partial charge in [-0.2, -0.15) is 0 Å². The number of rotatable bonds is 2. The van der Waals surface area contributed by atoms with Gasteiger partial charge < -0.3 is 4.74 Å². The molecule has 94 valence electrons. The van der Waals surface area contributed by atoms with E-state index in [1.165, 1.54) is 13.2 Å². The van der Waals surface area contributed by atoms with Gasteiger partial charge in [0.05, 0.1) is 12.8 Å². The Kier molecular flexibility index (Phi) is 3.33. The monoisotopic (exact) mass is 312 g/mol. The summed E-state index contributed by atoms with van der Waals surface area (Å²) in [6.45, 7) is 0. The molecule has 1 saturated heterocycles. The van der Waals surface area contributed by atoms with E-state index in [0.29, 0.717) is 15.9 Å². The van der Waals surface area contributed by atoms with Crippen molar-refractivity contribution in [3.05, 3.63) is 22.7 Å². The van der Waals surface area contributed by atoms with Gasteiger partial charge in [-0.15, -0.1) is 0 Å². The van der Waals surface area contributed by atoms with Crippen molar-refractivity contribution in [2.75, 3.05) is 12.0 Å². The number of urea groups is 1. The van der Waals surface area contributed by atoms with Crippen LogP contribution in [0.1, 0.15) is 6.42 Å². The van der Waals surface area contributed by atoms with Crippen LogP contribution in [0.4, 0.5) is 10.5 Å². The first kappa shape index (κ1) is 12.6. The molecule has 1 N–H and O–H groups in total. The number of halogens is 1. The summed E-state index contributed by atoms with van der Waals surface area (Å²) in [5.74, 6) is -0.663. The second-order valence-electron chi connectivity index (χ2n) is 3.58. The third-order valence-corrected chi connectivity index (χ3v) is 3.08. The van der Waals surface area contributed by atoms with E-state index in [1.807, 2.05) is 0 Å². The van der Waals surface area contributed by atoms with Crippen molar-refractivity contribution in [1.29, 1.82) is 0 Å². The van der Waals surface area contributed by atoms with Gasteiger partial charge in [0, 0.05) is 10.5 Å². The fourth-order valence-corrected chi connectivity index (χ4v) is 2.01. The van der Waals surface area contributed by atoms with Crippen molar-refractivity contribution < 1.29 is 19.1 Å². The molecule has 7 heteroatoms. The lowest BCUT2D eigenvalue weighted by Gasteiger charge is -2.25. The van der Waals surface area contributed by atoms with Crippen molar-refractivity contribution in [3.63, 3.8) is 0 Å². The lowest BCUT2D eigenvalue weighted by molar-refractivity contribution is -0.128. The van der Waals surface area contributed by atoms with Gasteiger partial charge in [0.25, 0.3) is 0 Å². The first-order chi connectivity index (χ1) is 8.52. The lowest BCUT2D eigenvalue weighted by Crippen LogP contribution is -2.53. The molecule has 1 aromatic carbocycles. The van der Waals surface area contributed by atoms with Gasteiger partial charge in [0.2, 0.25) is 11.8 Å². The number of carbonyl (C=O) groups is 3. The minimum Gasteiger partial charge on any atom is -0.497 e. The standard InChI is InChI=1S/C11H9BrN2O4/c1-18-6-2-3-7(12)8(4-6)14-10(16)5-9(15)13-11(14)17/h2-4H,5H2,1H3,(H,13,15,17). The molecule has 1 aromatic rings. The number of benzene rings is 1. The van der Waals surface area contributed by atoms with Crippen LogP contribution < -0.4 is 15.0 Å². The summed E-state index contributed by atoms with van der Waals surface area (Å²) in [6, 6.07) is 4.12. The van der Waals surface area contributed by atoms with Crippen LogP contribution in [0.15, 0.2) is 22.7 Å². The summed E-state index contributed by atoms with van der Waals surface area (Å²) in [7, 11) is 1.48. The molecule has 0 bridgehead atoms. The Labute approximate surface area is 111 Å². The van der Waals surface area contributed by atoms with E-state index in [0.717, 1.165) is 4.90 Å². The van der Waals surface area contributed by atoms with Gasteiger partial charge in [0.15, 0.2) is 0 Å². The number of methoxy groups -OCH3 is 1. The van der Waals surface area contributed by atoms with Gasteiger partial charge in [-0.1, -0.05) is 0 Å². The third-order valence-electron chi connectivity index (χ3n) is 2.40. The van der Waals surface area contributed by atoms with Crippen molar-refractivity contribution in [1.82, 2.24) is 5.32 Å². The van der Waals surface area contributed by atoms with Crippen LogP contribution >= 0.6 is 15.9 Å². The van der Waals surface area contributed by atoms with E-state index >= 15 is 0 Å². The number of hydrogen-bond donors (Lipinski definition) is 1. The summed E-state index contributed by atoms with van der Waals surface area (Å²) in [5.41, 5.74) is 0.337. The Morgan fingerprint density at radius 2 is 2.06 bits per heavy atom. The molecular formula is C11H9BrN2O4. The van der Waals surface area contributed by atoms with Crippen LogP contribution in [-0.2, 0) is 9.59 Å². The fourth-order valence-electron chi connectivity index (χ4n) is 1.58. The van der Waals surface area contributed by atoms with E-state index in [-0.39, 0.29) is 6.42 Å². The van der Waals surface area contributed by atoms with Crippen molar-refractivity contribution in [3.8, 4) is 5.75 Å². The number of nitrogens with one attached hydrogen (secondary N) is 1. The number of barbiturate groups is 1. The molecule has 0 saturated carbocycles. The van der Waals surface area contributed by atoms with Gasteiger partial charge in [-0.05, 0) is 28.1 Å². The summed E-state index contributed by atoms with van der Waals surface area (Å²) >= 11 is 3.25. The zero-order valence-electron chi connectivity index (χ0n) is 9.40. The molecule has 18 heavy (non-hydrogen) atoms. The van der Waals surface area contributed by atoms with E-state index in [9.17, 15) is 14.4 Å². The SMILES string of the molecule is COc1ccc(Br)c(N2C(=O)CC(=O)NC2=O)c1. The van der Waals surface area contributed by atoms with Crippen molar-refractivity contribution in [2.45, 2.75) is 6.42 Å². The van der Waals surface area contributed by atoms with E-state index < -0.39 is 17.8 Å². The van der Waals surface area contributed by atoms with Crippen LogP contribution in [0.25, 0.3) is 0 Å². The van der Waals surface area contributed by atoms with Gasteiger partial charge >= 0.3 is 6.03 Å². The average molecular weight is 313 g/mol. The molecule has 2 rings (SSSR count). The second-order valence-corrected chi connectivity index (χ2v) is 4.43. The summed E-state index contributed by atoms with van der Waals surface area (Å²) in [5, 5.41) is 2.09. The largest absolute Gasteiger partial charge is 0.497 e. The number of imide groups is 2. The highest BCUT2D eigenvalue weighted by molar-refractivity contribution is 9.10. The molecule has 4 amide bonds. The minimum atomic E-state index is -0.759. The highest BCUT2D eigenvalue weighted by atomic mass is 79.9. The Morgan fingerprint density at radius 1 is 1.33 bits per heavy atom. The summed E-state index contributed by atoms with van der Waals surface area (Å²) in [6.07, 6.45) is -0.352. The Bertz CT molecular complexity index is 524. The van der Waals surface area contributed by atoms with Crippen LogP contribution in [0, 0.1) is 0 Å². The molecule has 1 aliphatic heterocycles. The van der Waals surface area contributed by atoms with E-state index in [2.05, 4.69) is 21.2 Å². The quantitative estimate of drug-likeness (QED) is 0.838. The Morgan fingerprint density at radius 3 is 2.67 bits per heavy atom. The smallest absolute Gasteiger partial charge is 0.335 e. The number of amides is 4. The van der Waals surface area contributed by atoms with Gasteiger partial charge in [-0.25, -0.2) is 9.69 Å². The molecular weight excluding hydrogens is 304 g/mol. The number of nitrogens with zero attached hydrogens (tertiary/aromatic N) is 1. The zero-order chi connectivity index (χ0) is 13.3. The minimum absolute atomic E-state index is 0.337. The molecule has 0 unspecified atom stereocenters. The maximum atomic E-state index is 11.8. The predicted molar refractivity (Wildman–Crippen MR) is 66.3 cm³/mol. The maximum absolute atomic E-state index is 11.8. The molecule has 1 aliphatic rings. The van der Waals surface area contributed by atoms with Crippen LogP contribution in [0.3, 0.4) is 0 Å². The zero-order valence-corrected chi connectivity index (χ0v) is 11.0. The average Bonchev–Trinajstić information content (AvgIpc) is 2.30. The van der Waals surface area contributed by atoms with Crippen LogP contribution in [-0.4, -0.2) is 25.0 Å². The topological polar surface area (TPSA) is 75.7 Å². The van der Waals surface area contributed by atoms with E-state index in [4.69, 9.17) is 4.74 Å². The van der Waals surface area contributed by atoms with Crippen LogP contribution in [0.5, 0.6) is 5.75 Å². The summed E-state index contributed by atoms with van der Waals surface area (Å²) < 4.78 is 5.59. The van der Waals surface area contributed by atoms with Crippen molar-refractivity contribution >= 4 is 39.5 Å². The molecule has 1 heterocycles. The molecule has 0 aliphatic carbocycles. The summed E-state index contributed by atoms with van der Waals surface area (Å²) in [4.78, 5) is 35.4. The Balaban J connectivity index is 2.44. The third kappa shape index (κ3) is 2.21. The highest BCUT2D eigenvalue weighted by Crippen LogP contribution is 2.31. The molecule has 1 fully saturated rings. The van der Waals surface area contributed by atoms with Gasteiger partial charge in [0.1, 0.15) is 12.2 Å². The highest BCUT2D eigenvalue weighted by Gasteiger charge is 2.33. The predicted octanol–water partition coefficient (Wildman–Crippen LogP) is 1.43. The van der Waals surface area contributed by atoms with Crippen molar-refractivity contribution in [2.24, 2.45) is 0 Å². The Hall–Kier alpha value is -1.89. The number of carbonyl (C=O) groups excluding carboxylic acids is 3. The van der Waals surface area contributed by atoms with E-state index in [1.54, 1.807) is 12.1 Å². The number of hydrogen-bond acceptors (Lipinski definition) is 4. The van der Waals surface area contributed by atoms with Gasteiger partial charge in [-0.3, -0.25) is 14.9 Å². The maximum Gasteiger partial charge on any atom is 0.335 e. The van der Waals surface area contributed by atoms with Crippen LogP contribution in [0.2, 0.25) is 0 Å². The second kappa shape index (κ2) is 4.77. The number of anilines is 1. The lowest BCUT2D eigenvalue weighted by atomic mass is 10.2. The fraction of sp³-hybridized carbons (Fsp3) is 0.182. The molecule has 0 spiro atoms.